The van der Waals surface area contributed by atoms with Gasteiger partial charge in [0, 0.05) is 51.7 Å². The number of hydrogen-bond acceptors (Lipinski definition) is 7. The van der Waals surface area contributed by atoms with Gasteiger partial charge in [0.05, 0.1) is 17.9 Å². The Balaban J connectivity index is 1.47. The molecule has 2 saturated heterocycles. The monoisotopic (exact) mass is 414 g/mol. The fraction of sp³-hybridized carbons (Fsp3) is 0.429. The standard InChI is InChI=1S/C21H27FN6O2/c1-15-9-17(28-14-18(11-23)30-21(28)29)10-19(22)20(15)26-6-5-25-27(8-7-26)13-16-3-2-4-24-12-16/h2-4,9-10,12,18,25H,5-8,11,13-14,23H2,1H3/t18-/m0/s1. The Morgan fingerprint density at radius 3 is 2.90 bits per heavy atom. The molecule has 0 spiro atoms. The van der Waals surface area contributed by atoms with Crippen LogP contribution in [-0.4, -0.2) is 61.5 Å². The minimum absolute atomic E-state index is 0.248. The molecule has 1 amide bonds. The molecule has 1 atom stereocenters. The van der Waals surface area contributed by atoms with E-state index in [9.17, 15) is 4.79 Å². The lowest BCUT2D eigenvalue weighted by atomic mass is 10.1. The molecule has 1 aromatic heterocycles. The maximum Gasteiger partial charge on any atom is 0.414 e. The molecule has 2 aromatic rings. The van der Waals surface area contributed by atoms with E-state index < -0.39 is 6.09 Å². The van der Waals surface area contributed by atoms with Crippen molar-refractivity contribution in [3.8, 4) is 0 Å². The molecule has 2 fully saturated rings. The van der Waals surface area contributed by atoms with Crippen LogP contribution in [0.25, 0.3) is 0 Å². The third-order valence-corrected chi connectivity index (χ3v) is 5.46. The van der Waals surface area contributed by atoms with E-state index in [4.69, 9.17) is 10.5 Å². The van der Waals surface area contributed by atoms with Crippen molar-refractivity contribution in [3.05, 3.63) is 53.6 Å². The maximum absolute atomic E-state index is 15.1. The number of nitrogens with zero attached hydrogens (tertiary/aromatic N) is 4. The summed E-state index contributed by atoms with van der Waals surface area (Å²) in [5.74, 6) is -0.338. The second-order valence-corrected chi connectivity index (χ2v) is 7.62. The molecule has 0 aliphatic carbocycles. The summed E-state index contributed by atoms with van der Waals surface area (Å²) in [6.07, 6.45) is 2.77. The lowest BCUT2D eigenvalue weighted by Gasteiger charge is -2.26. The van der Waals surface area contributed by atoms with Gasteiger partial charge in [0.15, 0.2) is 0 Å². The van der Waals surface area contributed by atoms with Gasteiger partial charge in [0.25, 0.3) is 0 Å². The molecule has 0 radical (unpaired) electrons. The number of amides is 1. The number of pyridine rings is 1. The van der Waals surface area contributed by atoms with Gasteiger partial charge in [-0.15, -0.1) is 0 Å². The molecule has 3 N–H and O–H groups in total. The van der Waals surface area contributed by atoms with E-state index in [1.807, 2.05) is 31.3 Å². The molecular weight excluding hydrogens is 387 g/mol. The molecule has 2 aliphatic heterocycles. The van der Waals surface area contributed by atoms with Gasteiger partial charge in [-0.3, -0.25) is 15.3 Å². The van der Waals surface area contributed by atoms with Crippen molar-refractivity contribution < 1.29 is 13.9 Å². The number of rotatable bonds is 5. The SMILES string of the molecule is Cc1cc(N2C[C@H](CN)OC2=O)cc(F)c1N1CCNN(Cc2cccnc2)CC1. The minimum atomic E-state index is -0.484. The first-order valence-electron chi connectivity index (χ1n) is 10.2. The van der Waals surface area contributed by atoms with Crippen LogP contribution in [0.15, 0.2) is 36.7 Å². The molecule has 2 aliphatic rings. The Morgan fingerprint density at radius 1 is 1.33 bits per heavy atom. The zero-order chi connectivity index (χ0) is 21.1. The highest BCUT2D eigenvalue weighted by molar-refractivity contribution is 5.90. The first-order valence-corrected chi connectivity index (χ1v) is 10.2. The van der Waals surface area contributed by atoms with Crippen molar-refractivity contribution in [3.63, 3.8) is 0 Å². The predicted octanol–water partition coefficient (Wildman–Crippen LogP) is 1.64. The van der Waals surface area contributed by atoms with E-state index in [0.29, 0.717) is 37.6 Å². The molecule has 9 heteroatoms. The largest absolute Gasteiger partial charge is 0.443 e. The van der Waals surface area contributed by atoms with Crippen LogP contribution in [0.4, 0.5) is 20.6 Å². The second kappa shape index (κ2) is 8.95. The lowest BCUT2D eigenvalue weighted by molar-refractivity contribution is 0.145. The van der Waals surface area contributed by atoms with Crippen LogP contribution < -0.4 is 21.0 Å². The fourth-order valence-corrected chi connectivity index (χ4v) is 3.98. The summed E-state index contributed by atoms with van der Waals surface area (Å²) in [6.45, 7) is 6.01. The Kier molecular flexibility index (Phi) is 6.12. The van der Waals surface area contributed by atoms with E-state index in [1.165, 1.54) is 11.0 Å². The van der Waals surface area contributed by atoms with Gasteiger partial charge in [-0.1, -0.05) is 6.07 Å². The number of nitrogens with two attached hydrogens (primary N) is 1. The zero-order valence-corrected chi connectivity index (χ0v) is 17.1. The molecule has 30 heavy (non-hydrogen) atoms. The van der Waals surface area contributed by atoms with E-state index in [1.54, 1.807) is 6.20 Å². The lowest BCUT2D eigenvalue weighted by Crippen LogP contribution is -2.38. The number of hydrazine groups is 1. The molecular formula is C21H27FN6O2. The van der Waals surface area contributed by atoms with Crippen LogP contribution in [0, 0.1) is 12.7 Å². The van der Waals surface area contributed by atoms with E-state index in [0.717, 1.165) is 24.2 Å². The van der Waals surface area contributed by atoms with E-state index in [-0.39, 0.29) is 18.5 Å². The number of carbonyl (C=O) groups excluding carboxylic acids is 1. The van der Waals surface area contributed by atoms with Crippen LogP contribution in [0.5, 0.6) is 0 Å². The molecule has 0 unspecified atom stereocenters. The van der Waals surface area contributed by atoms with Gasteiger partial charge >= 0.3 is 6.09 Å². The van der Waals surface area contributed by atoms with Crippen LogP contribution in [-0.2, 0) is 11.3 Å². The number of cyclic esters (lactones) is 1. The van der Waals surface area contributed by atoms with Crippen molar-refractivity contribution in [1.82, 2.24) is 15.4 Å². The first-order chi connectivity index (χ1) is 14.5. The van der Waals surface area contributed by atoms with Crippen LogP contribution in [0.1, 0.15) is 11.1 Å². The number of carbonyl (C=O) groups is 1. The van der Waals surface area contributed by atoms with Crippen molar-refractivity contribution in [1.29, 1.82) is 0 Å². The molecule has 8 nitrogen and oxygen atoms in total. The Labute approximate surface area is 175 Å². The fourth-order valence-electron chi connectivity index (χ4n) is 3.98. The molecule has 160 valence electrons. The Morgan fingerprint density at radius 2 is 2.20 bits per heavy atom. The summed E-state index contributed by atoms with van der Waals surface area (Å²) >= 11 is 0. The number of benzene rings is 1. The molecule has 3 heterocycles. The van der Waals surface area contributed by atoms with E-state index >= 15 is 4.39 Å². The highest BCUT2D eigenvalue weighted by atomic mass is 19.1. The number of ether oxygens (including phenoxy) is 1. The number of nitrogens with one attached hydrogen (secondary N) is 1. The first kappa shape index (κ1) is 20.5. The smallest absolute Gasteiger partial charge is 0.414 e. The third-order valence-electron chi connectivity index (χ3n) is 5.46. The number of hydrogen-bond donors (Lipinski definition) is 2. The Bertz CT molecular complexity index is 873. The number of anilines is 2. The summed E-state index contributed by atoms with van der Waals surface area (Å²) in [4.78, 5) is 19.7. The Hall–Kier alpha value is -2.75. The molecule has 0 saturated carbocycles. The predicted molar refractivity (Wildman–Crippen MR) is 113 cm³/mol. The topological polar surface area (TPSA) is 87.0 Å². The average Bonchev–Trinajstić information content (AvgIpc) is 2.97. The van der Waals surface area contributed by atoms with Crippen LogP contribution >= 0.6 is 0 Å². The van der Waals surface area contributed by atoms with Gasteiger partial charge in [0.1, 0.15) is 11.9 Å². The van der Waals surface area contributed by atoms with Crippen molar-refractivity contribution in [2.75, 3.05) is 49.1 Å². The van der Waals surface area contributed by atoms with Gasteiger partial charge in [0.2, 0.25) is 0 Å². The quantitative estimate of drug-likeness (QED) is 0.769. The maximum atomic E-state index is 15.1. The number of aryl methyl sites for hydroxylation is 1. The normalized spacial score (nSPS) is 20.4. The average molecular weight is 414 g/mol. The van der Waals surface area contributed by atoms with Gasteiger partial charge < -0.3 is 15.4 Å². The van der Waals surface area contributed by atoms with Gasteiger partial charge in [-0.25, -0.2) is 14.2 Å². The summed E-state index contributed by atoms with van der Waals surface area (Å²) in [6, 6.07) is 7.21. The van der Waals surface area contributed by atoms with Gasteiger partial charge in [-0.05, 0) is 36.2 Å². The summed E-state index contributed by atoms with van der Waals surface area (Å²) < 4.78 is 20.3. The molecule has 4 rings (SSSR count). The van der Waals surface area contributed by atoms with Crippen molar-refractivity contribution in [2.24, 2.45) is 5.73 Å². The summed E-state index contributed by atoms with van der Waals surface area (Å²) in [5, 5.41) is 2.13. The zero-order valence-electron chi connectivity index (χ0n) is 17.1. The summed E-state index contributed by atoms with van der Waals surface area (Å²) in [7, 11) is 0. The third kappa shape index (κ3) is 4.38. The number of halogens is 1. The highest BCUT2D eigenvalue weighted by Gasteiger charge is 2.32. The van der Waals surface area contributed by atoms with Gasteiger partial charge in [-0.2, -0.15) is 0 Å². The number of aromatic nitrogens is 1. The molecule has 0 bridgehead atoms. The van der Waals surface area contributed by atoms with Crippen LogP contribution in [0.3, 0.4) is 0 Å². The van der Waals surface area contributed by atoms with Crippen molar-refractivity contribution >= 4 is 17.5 Å². The second-order valence-electron chi connectivity index (χ2n) is 7.62. The van der Waals surface area contributed by atoms with Crippen LogP contribution in [0.2, 0.25) is 0 Å². The van der Waals surface area contributed by atoms with Crippen molar-refractivity contribution in [2.45, 2.75) is 19.6 Å². The summed E-state index contributed by atoms with van der Waals surface area (Å²) in [5.41, 5.74) is 12.0. The van der Waals surface area contributed by atoms with E-state index in [2.05, 4.69) is 20.3 Å². The molecule has 1 aromatic carbocycles. The minimum Gasteiger partial charge on any atom is -0.443 e. The highest BCUT2D eigenvalue weighted by Crippen LogP contribution is 2.31.